The highest BCUT2D eigenvalue weighted by Gasteiger charge is 2.30. The van der Waals surface area contributed by atoms with E-state index in [0.29, 0.717) is 19.4 Å². The molecule has 0 aromatic carbocycles. The van der Waals surface area contributed by atoms with Gasteiger partial charge < -0.3 is 9.64 Å². The molecule has 0 spiro atoms. The number of ketones is 1. The maximum atomic E-state index is 11.9. The Morgan fingerprint density at radius 3 is 2.55 bits per heavy atom. The Morgan fingerprint density at radius 2 is 1.91 bits per heavy atom. The number of rotatable bonds is 9. The number of Topliss-reactive ketones (excluding diaryl/α,β-unsaturated/α-hetero) is 1. The van der Waals surface area contributed by atoms with Crippen LogP contribution < -0.4 is 0 Å². The molecule has 0 aromatic heterocycles. The van der Waals surface area contributed by atoms with Crippen LogP contribution in [0.3, 0.4) is 0 Å². The molecule has 0 unspecified atom stereocenters. The largest absolute Gasteiger partial charge is 0.463 e. The second-order valence-electron chi connectivity index (χ2n) is 6.31. The van der Waals surface area contributed by atoms with Crippen LogP contribution in [0.2, 0.25) is 0 Å². The summed E-state index contributed by atoms with van der Waals surface area (Å²) in [6.07, 6.45) is 6.18. The van der Waals surface area contributed by atoms with Gasteiger partial charge >= 0.3 is 5.97 Å². The molecule has 1 saturated heterocycles. The highest BCUT2D eigenvalue weighted by Crippen LogP contribution is 2.20. The molecular weight excluding hydrogens is 282 g/mol. The summed E-state index contributed by atoms with van der Waals surface area (Å²) >= 11 is 0. The lowest BCUT2D eigenvalue weighted by Crippen LogP contribution is -2.47. The first-order valence-electron chi connectivity index (χ1n) is 8.41. The zero-order chi connectivity index (χ0) is 16.5. The van der Waals surface area contributed by atoms with E-state index < -0.39 is 0 Å². The molecule has 5 nitrogen and oxygen atoms in total. The molecule has 0 radical (unpaired) electrons. The fourth-order valence-corrected chi connectivity index (χ4v) is 2.85. The molecule has 1 rings (SSSR count). The van der Waals surface area contributed by atoms with Crippen molar-refractivity contribution in [3.8, 4) is 0 Å². The molecule has 0 aromatic rings. The normalized spacial score (nSPS) is 18.6. The molecule has 126 valence electrons. The number of amides is 1. The van der Waals surface area contributed by atoms with Crippen LogP contribution in [0.15, 0.2) is 0 Å². The van der Waals surface area contributed by atoms with E-state index in [9.17, 15) is 14.4 Å². The van der Waals surface area contributed by atoms with Crippen LogP contribution in [0, 0.1) is 0 Å². The topological polar surface area (TPSA) is 63.7 Å². The van der Waals surface area contributed by atoms with Crippen LogP contribution in [0.25, 0.3) is 0 Å². The molecule has 0 bridgehead atoms. The van der Waals surface area contributed by atoms with Gasteiger partial charge in [0.15, 0.2) is 5.78 Å². The molecule has 1 amide bonds. The Balaban J connectivity index is 2.18. The van der Waals surface area contributed by atoms with Crippen LogP contribution in [0.5, 0.6) is 0 Å². The van der Waals surface area contributed by atoms with Crippen molar-refractivity contribution in [3.05, 3.63) is 0 Å². The van der Waals surface area contributed by atoms with Gasteiger partial charge in [-0.1, -0.05) is 12.8 Å². The Morgan fingerprint density at radius 1 is 1.23 bits per heavy atom. The Bertz CT molecular complexity index is 392. The fourth-order valence-electron chi connectivity index (χ4n) is 2.85. The molecule has 1 fully saturated rings. The Kier molecular flexibility index (Phi) is 8.13. The van der Waals surface area contributed by atoms with Crippen molar-refractivity contribution in [2.24, 2.45) is 0 Å². The number of hydrogen-bond acceptors (Lipinski definition) is 4. The lowest BCUT2D eigenvalue weighted by Gasteiger charge is -2.34. The second kappa shape index (κ2) is 9.59. The Hall–Kier alpha value is -1.39. The minimum Gasteiger partial charge on any atom is -0.463 e. The highest BCUT2D eigenvalue weighted by molar-refractivity contribution is 5.88. The van der Waals surface area contributed by atoms with Gasteiger partial charge in [0.2, 0.25) is 5.91 Å². The highest BCUT2D eigenvalue weighted by atomic mass is 16.5. The van der Waals surface area contributed by atoms with Crippen LogP contribution in [-0.4, -0.2) is 41.3 Å². The summed E-state index contributed by atoms with van der Waals surface area (Å²) in [5.41, 5.74) is 0. The maximum Gasteiger partial charge on any atom is 0.306 e. The van der Waals surface area contributed by atoms with E-state index in [-0.39, 0.29) is 29.8 Å². The summed E-state index contributed by atoms with van der Waals surface area (Å²) in [7, 11) is 0. The average Bonchev–Trinajstić information content (AvgIpc) is 2.42. The van der Waals surface area contributed by atoms with Crippen molar-refractivity contribution in [2.45, 2.75) is 84.3 Å². The molecule has 0 saturated carbocycles. The third-order valence-corrected chi connectivity index (χ3v) is 3.93. The van der Waals surface area contributed by atoms with Crippen LogP contribution in [-0.2, 0) is 19.1 Å². The summed E-state index contributed by atoms with van der Waals surface area (Å²) in [4.78, 5) is 36.7. The van der Waals surface area contributed by atoms with Crippen molar-refractivity contribution in [1.29, 1.82) is 0 Å². The van der Waals surface area contributed by atoms with Gasteiger partial charge in [-0.25, -0.2) is 0 Å². The maximum absolute atomic E-state index is 11.9. The zero-order valence-electron chi connectivity index (χ0n) is 14.1. The van der Waals surface area contributed by atoms with Crippen LogP contribution in [0.4, 0.5) is 0 Å². The van der Waals surface area contributed by atoms with E-state index in [1.807, 2.05) is 13.8 Å². The van der Waals surface area contributed by atoms with Crippen LogP contribution in [0.1, 0.15) is 72.1 Å². The number of carbonyl (C=O) groups excluding carboxylic acids is 3. The third kappa shape index (κ3) is 6.58. The molecule has 5 heteroatoms. The van der Waals surface area contributed by atoms with Crippen LogP contribution >= 0.6 is 0 Å². The van der Waals surface area contributed by atoms with Crippen molar-refractivity contribution in [3.63, 3.8) is 0 Å². The standard InChI is InChI=1S/C17H29NO4/c1-13(2)22-17(21)11-6-4-5-7-12-18-15(14(3)19)9-8-10-16(18)20/h13,15H,4-12H2,1-3H3/t15-/m1/s1. The molecule has 1 atom stereocenters. The third-order valence-electron chi connectivity index (χ3n) is 3.93. The number of nitrogens with zero attached hydrogens (tertiary/aromatic N) is 1. The minimum atomic E-state index is -0.220. The fraction of sp³-hybridized carbons (Fsp3) is 0.824. The molecule has 0 aliphatic carbocycles. The van der Waals surface area contributed by atoms with Gasteiger partial charge in [0.25, 0.3) is 0 Å². The SMILES string of the molecule is CC(=O)[C@H]1CCCC(=O)N1CCCCCCC(=O)OC(C)C. The molecule has 1 heterocycles. The van der Waals surface area contributed by atoms with E-state index in [0.717, 1.165) is 38.5 Å². The predicted octanol–water partition coefficient (Wildman–Crippen LogP) is 2.86. The van der Waals surface area contributed by atoms with Gasteiger partial charge in [-0.05, 0) is 46.5 Å². The smallest absolute Gasteiger partial charge is 0.306 e. The van der Waals surface area contributed by atoms with Gasteiger partial charge in [-0.15, -0.1) is 0 Å². The number of hydrogen-bond donors (Lipinski definition) is 0. The molecule has 0 N–H and O–H groups in total. The molecular formula is C17H29NO4. The summed E-state index contributed by atoms with van der Waals surface area (Å²) in [5, 5.41) is 0. The van der Waals surface area contributed by atoms with Crippen molar-refractivity contribution in [2.75, 3.05) is 6.54 Å². The summed E-state index contributed by atoms with van der Waals surface area (Å²) in [6, 6.07) is -0.220. The predicted molar refractivity (Wildman–Crippen MR) is 84.3 cm³/mol. The lowest BCUT2D eigenvalue weighted by atomic mass is 9.98. The first-order valence-corrected chi connectivity index (χ1v) is 8.41. The van der Waals surface area contributed by atoms with E-state index in [2.05, 4.69) is 0 Å². The van der Waals surface area contributed by atoms with E-state index in [1.165, 1.54) is 0 Å². The van der Waals surface area contributed by atoms with Crippen molar-refractivity contribution >= 4 is 17.7 Å². The number of carbonyl (C=O) groups is 3. The monoisotopic (exact) mass is 311 g/mol. The number of piperidine rings is 1. The van der Waals surface area contributed by atoms with Crippen molar-refractivity contribution < 1.29 is 19.1 Å². The molecule has 22 heavy (non-hydrogen) atoms. The minimum absolute atomic E-state index is 0.0545. The van der Waals surface area contributed by atoms with E-state index >= 15 is 0 Å². The summed E-state index contributed by atoms with van der Waals surface area (Å²) in [6.45, 7) is 5.91. The summed E-state index contributed by atoms with van der Waals surface area (Å²) in [5.74, 6) is 0.0503. The van der Waals surface area contributed by atoms with Gasteiger partial charge in [0.05, 0.1) is 12.1 Å². The zero-order valence-corrected chi connectivity index (χ0v) is 14.1. The second-order valence-corrected chi connectivity index (χ2v) is 6.31. The molecule has 1 aliphatic rings. The van der Waals surface area contributed by atoms with E-state index in [1.54, 1.807) is 11.8 Å². The quantitative estimate of drug-likeness (QED) is 0.485. The van der Waals surface area contributed by atoms with Gasteiger partial charge in [0, 0.05) is 19.4 Å². The first-order chi connectivity index (χ1) is 10.4. The first kappa shape index (κ1) is 18.7. The van der Waals surface area contributed by atoms with E-state index in [4.69, 9.17) is 4.74 Å². The summed E-state index contributed by atoms with van der Waals surface area (Å²) < 4.78 is 5.08. The molecule has 1 aliphatic heterocycles. The number of ether oxygens (including phenoxy) is 1. The Labute approximate surface area is 133 Å². The van der Waals surface area contributed by atoms with Gasteiger partial charge in [-0.3, -0.25) is 14.4 Å². The number of likely N-dealkylation sites (tertiary alicyclic amines) is 1. The lowest BCUT2D eigenvalue weighted by molar-refractivity contribution is -0.147. The van der Waals surface area contributed by atoms with Gasteiger partial charge in [0.1, 0.15) is 0 Å². The van der Waals surface area contributed by atoms with Crippen molar-refractivity contribution in [1.82, 2.24) is 4.90 Å². The average molecular weight is 311 g/mol. The number of unbranched alkanes of at least 4 members (excludes halogenated alkanes) is 3. The number of esters is 1. The van der Waals surface area contributed by atoms with Gasteiger partial charge in [-0.2, -0.15) is 0 Å².